The van der Waals surface area contributed by atoms with Gasteiger partial charge >= 0.3 is 0 Å². The Kier molecular flexibility index (Phi) is 5.02. The molecular formula is C11H20N4O4S2. The zero-order valence-corrected chi connectivity index (χ0v) is 13.5. The lowest BCUT2D eigenvalue weighted by Crippen LogP contribution is -2.43. The summed E-state index contributed by atoms with van der Waals surface area (Å²) in [6.45, 7) is 4.13. The van der Waals surface area contributed by atoms with Gasteiger partial charge in [0.05, 0.1) is 24.2 Å². The van der Waals surface area contributed by atoms with Crippen molar-refractivity contribution in [3.63, 3.8) is 0 Å². The maximum Gasteiger partial charge on any atom is 0.246 e. The summed E-state index contributed by atoms with van der Waals surface area (Å²) in [4.78, 5) is 0.110. The molecule has 8 nitrogen and oxygen atoms in total. The molecule has 0 saturated carbocycles. The molecule has 120 valence electrons. The third-order valence-corrected chi connectivity index (χ3v) is 6.78. The van der Waals surface area contributed by atoms with Gasteiger partial charge in [-0.3, -0.25) is 4.68 Å². The van der Waals surface area contributed by atoms with E-state index in [9.17, 15) is 16.8 Å². The number of nitrogens with one attached hydrogen (secondary N) is 1. The molecule has 0 bridgehead atoms. The second-order valence-electron chi connectivity index (χ2n) is 4.85. The highest BCUT2D eigenvalue weighted by atomic mass is 32.2. The Hall–Kier alpha value is -0.970. The molecule has 0 radical (unpaired) electrons. The van der Waals surface area contributed by atoms with Crippen molar-refractivity contribution < 1.29 is 16.8 Å². The van der Waals surface area contributed by atoms with Gasteiger partial charge in [-0.25, -0.2) is 16.8 Å². The predicted molar refractivity (Wildman–Crippen MR) is 78.2 cm³/mol. The number of likely N-dealkylation sites (N-methyl/N-ethyl adjacent to an activating group) is 1. The van der Waals surface area contributed by atoms with Crippen LogP contribution in [0.5, 0.6) is 0 Å². The molecule has 0 amide bonds. The Morgan fingerprint density at radius 3 is 2.62 bits per heavy atom. The van der Waals surface area contributed by atoms with Crippen LogP contribution in [0.4, 0.5) is 0 Å². The largest absolute Gasteiger partial charge is 0.315 e. The van der Waals surface area contributed by atoms with Crippen LogP contribution in [0.2, 0.25) is 0 Å². The molecule has 10 heteroatoms. The average molecular weight is 336 g/mol. The molecule has 0 atom stereocenters. The molecule has 1 aromatic heterocycles. The topological polar surface area (TPSA) is 101 Å². The van der Waals surface area contributed by atoms with Crippen molar-refractivity contribution >= 4 is 19.9 Å². The lowest BCUT2D eigenvalue weighted by molar-refractivity contribution is 0.430. The van der Waals surface area contributed by atoms with Crippen LogP contribution >= 0.6 is 0 Å². The van der Waals surface area contributed by atoms with Crippen LogP contribution in [0.25, 0.3) is 0 Å². The standard InChI is InChI=1S/C11H20N4O4S2/c1-2-12-3-4-14-10-11(9-13-14)21(18,19)15-5-7-20(16,17)8-6-15/h9-10,12H,2-8H2,1H3. The maximum atomic E-state index is 12.4. The molecule has 1 aliphatic heterocycles. The Morgan fingerprint density at radius 2 is 2.00 bits per heavy atom. The third kappa shape index (κ3) is 4.02. The van der Waals surface area contributed by atoms with E-state index >= 15 is 0 Å². The van der Waals surface area contributed by atoms with E-state index in [2.05, 4.69) is 10.4 Å². The molecule has 2 rings (SSSR count). The Morgan fingerprint density at radius 1 is 1.33 bits per heavy atom. The van der Waals surface area contributed by atoms with Crippen LogP contribution in [-0.4, -0.2) is 68.6 Å². The van der Waals surface area contributed by atoms with Gasteiger partial charge in [-0.2, -0.15) is 9.40 Å². The molecule has 1 N–H and O–H groups in total. The maximum absolute atomic E-state index is 12.4. The van der Waals surface area contributed by atoms with Gasteiger partial charge in [0, 0.05) is 25.8 Å². The van der Waals surface area contributed by atoms with Gasteiger partial charge in [-0.05, 0) is 6.54 Å². The first-order valence-corrected chi connectivity index (χ1v) is 10.0. The average Bonchev–Trinajstić information content (AvgIpc) is 2.88. The second kappa shape index (κ2) is 6.42. The number of aromatic nitrogens is 2. The van der Waals surface area contributed by atoms with Crippen molar-refractivity contribution in [2.45, 2.75) is 18.4 Å². The van der Waals surface area contributed by atoms with Crippen molar-refractivity contribution in [1.82, 2.24) is 19.4 Å². The number of rotatable bonds is 6. The lowest BCUT2D eigenvalue weighted by atomic mass is 10.6. The smallest absolute Gasteiger partial charge is 0.246 e. The second-order valence-corrected chi connectivity index (χ2v) is 9.09. The summed E-state index contributed by atoms with van der Waals surface area (Å²) in [7, 11) is -6.76. The lowest BCUT2D eigenvalue weighted by Gasteiger charge is -2.25. The van der Waals surface area contributed by atoms with Crippen molar-refractivity contribution in [2.24, 2.45) is 0 Å². The molecule has 1 aliphatic rings. The summed E-state index contributed by atoms with van der Waals surface area (Å²) in [5.41, 5.74) is 0. The fourth-order valence-corrected chi connectivity index (χ4v) is 4.88. The highest BCUT2D eigenvalue weighted by molar-refractivity contribution is 7.92. The van der Waals surface area contributed by atoms with Crippen molar-refractivity contribution in [1.29, 1.82) is 0 Å². The van der Waals surface area contributed by atoms with Gasteiger partial charge in [0.2, 0.25) is 10.0 Å². The van der Waals surface area contributed by atoms with Gasteiger partial charge in [-0.1, -0.05) is 6.92 Å². The highest BCUT2D eigenvalue weighted by Gasteiger charge is 2.31. The van der Waals surface area contributed by atoms with E-state index in [4.69, 9.17) is 0 Å². The molecule has 2 heterocycles. The summed E-state index contributed by atoms with van der Waals surface area (Å²) in [5.74, 6) is -0.248. The normalized spacial score (nSPS) is 19.7. The van der Waals surface area contributed by atoms with E-state index in [1.54, 1.807) is 4.68 Å². The minimum absolute atomic E-state index is 0.00718. The van der Waals surface area contributed by atoms with E-state index in [0.29, 0.717) is 13.1 Å². The SMILES string of the molecule is CCNCCn1cc(S(=O)(=O)N2CCS(=O)(=O)CC2)cn1. The van der Waals surface area contributed by atoms with Crippen LogP contribution in [0.1, 0.15) is 6.92 Å². The zero-order chi connectivity index (χ0) is 15.5. The van der Waals surface area contributed by atoms with E-state index < -0.39 is 19.9 Å². The predicted octanol–water partition coefficient (Wildman–Crippen LogP) is -1.09. The molecule has 0 spiro atoms. The summed E-state index contributed by atoms with van der Waals surface area (Å²) in [6.07, 6.45) is 2.79. The summed E-state index contributed by atoms with van der Waals surface area (Å²) in [5, 5.41) is 7.16. The van der Waals surface area contributed by atoms with Crippen LogP contribution in [0, 0.1) is 0 Å². The minimum Gasteiger partial charge on any atom is -0.315 e. The monoisotopic (exact) mass is 336 g/mol. The van der Waals surface area contributed by atoms with Gasteiger partial charge < -0.3 is 5.32 Å². The van der Waals surface area contributed by atoms with E-state index in [1.807, 2.05) is 6.92 Å². The number of sulfonamides is 1. The van der Waals surface area contributed by atoms with E-state index in [0.717, 1.165) is 6.54 Å². The Balaban J connectivity index is 2.06. The van der Waals surface area contributed by atoms with Crippen molar-refractivity contribution in [3.8, 4) is 0 Å². The van der Waals surface area contributed by atoms with Gasteiger partial charge in [0.1, 0.15) is 4.90 Å². The number of hydrogen-bond acceptors (Lipinski definition) is 6. The van der Waals surface area contributed by atoms with E-state index in [-0.39, 0.29) is 29.5 Å². The van der Waals surface area contributed by atoms with Gasteiger partial charge in [-0.15, -0.1) is 0 Å². The molecule has 1 saturated heterocycles. The van der Waals surface area contributed by atoms with Crippen molar-refractivity contribution in [3.05, 3.63) is 12.4 Å². The first kappa shape index (κ1) is 16.4. The first-order valence-electron chi connectivity index (χ1n) is 6.79. The molecular weight excluding hydrogens is 316 g/mol. The van der Waals surface area contributed by atoms with Gasteiger partial charge in [0.15, 0.2) is 9.84 Å². The number of nitrogens with zero attached hydrogens (tertiary/aromatic N) is 3. The van der Waals surface area contributed by atoms with Crippen molar-refractivity contribution in [2.75, 3.05) is 37.7 Å². The van der Waals surface area contributed by atoms with Crippen LogP contribution < -0.4 is 5.32 Å². The fourth-order valence-electron chi connectivity index (χ4n) is 2.06. The molecule has 0 unspecified atom stereocenters. The van der Waals surface area contributed by atoms with E-state index in [1.165, 1.54) is 16.7 Å². The summed E-state index contributed by atoms with van der Waals surface area (Å²) in [6, 6.07) is 0. The number of sulfone groups is 1. The molecule has 0 aliphatic carbocycles. The fraction of sp³-hybridized carbons (Fsp3) is 0.727. The third-order valence-electron chi connectivity index (χ3n) is 3.32. The quantitative estimate of drug-likeness (QED) is 0.663. The molecule has 0 aromatic carbocycles. The Labute approximate surface area is 125 Å². The molecule has 21 heavy (non-hydrogen) atoms. The number of hydrogen-bond donors (Lipinski definition) is 1. The Bertz CT molecular complexity index is 667. The van der Waals surface area contributed by atoms with Crippen LogP contribution in [0.15, 0.2) is 17.3 Å². The van der Waals surface area contributed by atoms with Crippen LogP contribution in [0.3, 0.4) is 0 Å². The summed E-state index contributed by atoms with van der Waals surface area (Å²) < 4.78 is 50.3. The zero-order valence-electron chi connectivity index (χ0n) is 11.9. The minimum atomic E-state index is -3.66. The van der Waals surface area contributed by atoms with Crippen LogP contribution in [-0.2, 0) is 26.4 Å². The molecule has 1 aromatic rings. The first-order chi connectivity index (χ1) is 9.85. The summed E-state index contributed by atoms with van der Waals surface area (Å²) >= 11 is 0. The highest BCUT2D eigenvalue weighted by Crippen LogP contribution is 2.17. The molecule has 1 fully saturated rings. The van der Waals surface area contributed by atoms with Gasteiger partial charge in [0.25, 0.3) is 0 Å².